The van der Waals surface area contributed by atoms with Gasteiger partial charge in [-0.25, -0.2) is 0 Å². The molecule has 0 aromatic carbocycles. The molecule has 5 fully saturated rings. The third-order valence-corrected chi connectivity index (χ3v) is 12.8. The van der Waals surface area contributed by atoms with Crippen molar-refractivity contribution in [3.63, 3.8) is 0 Å². The number of carbonyl (C=O) groups is 3. The Balaban J connectivity index is 1.52. The molecule has 57 heavy (non-hydrogen) atoms. The summed E-state index contributed by atoms with van der Waals surface area (Å²) in [5.74, 6) is -6.20. The number of ether oxygens (including phenoxy) is 4. The maximum atomic E-state index is 14.9. The summed E-state index contributed by atoms with van der Waals surface area (Å²) in [5.41, 5.74) is -2.36. The quantitative estimate of drug-likeness (QED) is 0.105. The molecule has 5 aliphatic rings. The highest BCUT2D eigenvalue weighted by Gasteiger charge is 2.59. The normalized spacial score (nSPS) is 33.8. The summed E-state index contributed by atoms with van der Waals surface area (Å²) >= 11 is 0. The second-order valence-electron chi connectivity index (χ2n) is 24.1. The third kappa shape index (κ3) is 12.1. The van der Waals surface area contributed by atoms with Crippen LogP contribution in [-0.4, -0.2) is 98.0 Å². The molecule has 12 nitrogen and oxygen atoms in total. The van der Waals surface area contributed by atoms with Crippen molar-refractivity contribution in [3.05, 3.63) is 0 Å². The van der Waals surface area contributed by atoms with Crippen LogP contribution in [0.5, 0.6) is 0 Å². The van der Waals surface area contributed by atoms with Crippen molar-refractivity contribution < 1.29 is 38.4 Å². The number of carbonyl (C=O) groups excluding carboxylic acids is 3. The maximum Gasteiger partial charge on any atom is 0.310 e. The molecule has 0 amide bonds. The first-order valence-electron chi connectivity index (χ1n) is 21.8. The lowest BCUT2D eigenvalue weighted by molar-refractivity contribution is -0.200. The highest BCUT2D eigenvalue weighted by molar-refractivity contribution is 5.89. The smallest absolute Gasteiger partial charge is 0.310 e. The molecule has 1 aliphatic carbocycles. The van der Waals surface area contributed by atoms with E-state index in [1.165, 1.54) is 0 Å². The van der Waals surface area contributed by atoms with Gasteiger partial charge in [0.2, 0.25) is 0 Å². The van der Waals surface area contributed by atoms with Gasteiger partial charge in [0.25, 0.3) is 0 Å². The molecule has 0 bridgehead atoms. The van der Waals surface area contributed by atoms with E-state index in [2.05, 4.69) is 132 Å². The first-order valence-corrected chi connectivity index (χ1v) is 21.8. The van der Waals surface area contributed by atoms with Crippen molar-refractivity contribution in [2.75, 3.05) is 0 Å². The SMILES string of the molecule is CC1(C)CC(OC(=O)C2CC(C(O)OC3CC(C)(C)NC(C)(C)C3)C(C(=O)OC3CC(C)(C)NC(C)(C)C3)C2C(=O)OC2CC(C)(C)NC(C)(C)C2)CC(C)(C)N1. The minimum atomic E-state index is -1.44. The van der Waals surface area contributed by atoms with Gasteiger partial charge in [-0.3, -0.25) is 14.4 Å². The monoisotopic (exact) mass is 805 g/mol. The van der Waals surface area contributed by atoms with Crippen LogP contribution in [0.15, 0.2) is 0 Å². The molecule has 0 radical (unpaired) electrons. The molecule has 0 spiro atoms. The van der Waals surface area contributed by atoms with Gasteiger partial charge in [-0.1, -0.05) is 0 Å². The van der Waals surface area contributed by atoms with E-state index >= 15 is 0 Å². The first-order chi connectivity index (χ1) is 25.6. The van der Waals surface area contributed by atoms with Crippen LogP contribution < -0.4 is 21.3 Å². The second kappa shape index (κ2) is 15.6. The van der Waals surface area contributed by atoms with Gasteiger partial charge in [0.15, 0.2) is 6.29 Å². The molecule has 4 saturated heterocycles. The van der Waals surface area contributed by atoms with Crippen LogP contribution in [0.25, 0.3) is 0 Å². The Morgan fingerprint density at radius 2 is 0.702 bits per heavy atom. The summed E-state index contributed by atoms with van der Waals surface area (Å²) < 4.78 is 25.7. The van der Waals surface area contributed by atoms with E-state index in [0.29, 0.717) is 51.4 Å². The lowest BCUT2D eigenvalue weighted by Crippen LogP contribution is -2.60. The molecule has 328 valence electrons. The number of piperidine rings is 4. The predicted octanol–water partition coefficient (Wildman–Crippen LogP) is 6.06. The minimum Gasteiger partial charge on any atom is -0.462 e. The molecule has 4 heterocycles. The fourth-order valence-corrected chi connectivity index (χ4v) is 12.6. The van der Waals surface area contributed by atoms with E-state index < -0.39 is 66.2 Å². The Kier molecular flexibility index (Phi) is 12.6. The van der Waals surface area contributed by atoms with Crippen LogP contribution in [0.1, 0.15) is 169 Å². The number of nitrogens with one attached hydrogen (secondary N) is 4. The molecule has 0 aromatic heterocycles. The molecule has 0 aromatic rings. The molecule has 12 heteroatoms. The van der Waals surface area contributed by atoms with Gasteiger partial charge in [0.05, 0.1) is 23.9 Å². The zero-order chi connectivity index (χ0) is 42.9. The van der Waals surface area contributed by atoms with Gasteiger partial charge in [-0.15, -0.1) is 0 Å². The van der Waals surface area contributed by atoms with E-state index in [-0.39, 0.29) is 56.8 Å². The van der Waals surface area contributed by atoms with Gasteiger partial charge < -0.3 is 45.3 Å². The Hall–Kier alpha value is -1.83. The van der Waals surface area contributed by atoms with Crippen molar-refractivity contribution >= 4 is 17.9 Å². The van der Waals surface area contributed by atoms with Crippen LogP contribution in [0.4, 0.5) is 0 Å². The molecule has 5 unspecified atom stereocenters. The second-order valence-corrected chi connectivity index (χ2v) is 24.1. The fourth-order valence-electron chi connectivity index (χ4n) is 12.6. The zero-order valence-electron chi connectivity index (χ0n) is 38.4. The summed E-state index contributed by atoms with van der Waals surface area (Å²) in [5, 5.41) is 26.8. The Morgan fingerprint density at radius 1 is 0.439 bits per heavy atom. The lowest BCUT2D eigenvalue weighted by Gasteiger charge is -2.47. The Bertz CT molecular complexity index is 1440. The highest BCUT2D eigenvalue weighted by Crippen LogP contribution is 2.48. The van der Waals surface area contributed by atoms with E-state index in [9.17, 15) is 19.5 Å². The topological polar surface area (TPSA) is 156 Å². The number of hydrogen-bond donors (Lipinski definition) is 5. The number of hydrogen-bond acceptors (Lipinski definition) is 12. The van der Waals surface area contributed by atoms with E-state index in [1.54, 1.807) is 0 Å². The molecule has 4 aliphatic heterocycles. The molecule has 5 atom stereocenters. The van der Waals surface area contributed by atoms with E-state index in [0.717, 1.165) is 0 Å². The summed E-state index contributed by atoms with van der Waals surface area (Å²) in [7, 11) is 0. The van der Waals surface area contributed by atoms with Crippen molar-refractivity contribution in [2.24, 2.45) is 23.7 Å². The van der Waals surface area contributed by atoms with Gasteiger partial charge in [0.1, 0.15) is 18.3 Å². The molecule has 5 rings (SSSR count). The van der Waals surface area contributed by atoms with Crippen molar-refractivity contribution in [3.8, 4) is 0 Å². The summed E-state index contributed by atoms with van der Waals surface area (Å²) in [6.07, 6.45) is 1.65. The summed E-state index contributed by atoms with van der Waals surface area (Å²) in [6, 6.07) is 0. The Labute approximate surface area is 344 Å². The van der Waals surface area contributed by atoms with Crippen molar-refractivity contribution in [1.82, 2.24) is 21.3 Å². The van der Waals surface area contributed by atoms with Crippen LogP contribution in [-0.2, 0) is 33.3 Å². The third-order valence-electron chi connectivity index (χ3n) is 12.8. The summed E-state index contributed by atoms with van der Waals surface area (Å²) in [6.45, 7) is 33.5. The number of aliphatic hydroxyl groups excluding tert-OH is 1. The standard InChI is InChI=1S/C45H80N4O8/c1-38(2)18-26(19-39(3,4)46-38)54-34(50)30-17-31(35(51)55-27-20-40(5,6)47-41(7,8)21-27)33(37(53)57-29-24-44(13,14)49-45(15,16)25-29)32(30)36(52)56-28-22-42(9,10)48-43(11,12)23-28/h26-34,46-50H,17-25H2,1-16H3. The first kappa shape index (κ1) is 46.2. The van der Waals surface area contributed by atoms with Gasteiger partial charge in [0, 0.05) is 88.8 Å². The van der Waals surface area contributed by atoms with Crippen molar-refractivity contribution in [2.45, 2.75) is 244 Å². The average molecular weight is 805 g/mol. The number of esters is 3. The predicted molar refractivity (Wildman–Crippen MR) is 221 cm³/mol. The molecule has 1 saturated carbocycles. The molecule has 5 N–H and O–H groups in total. The van der Waals surface area contributed by atoms with Crippen LogP contribution in [0, 0.1) is 23.7 Å². The van der Waals surface area contributed by atoms with Gasteiger partial charge in [-0.2, -0.15) is 0 Å². The lowest BCUT2D eigenvalue weighted by atomic mass is 9.80. The van der Waals surface area contributed by atoms with Crippen molar-refractivity contribution in [1.29, 1.82) is 0 Å². The summed E-state index contributed by atoms with van der Waals surface area (Å²) in [4.78, 5) is 44.4. The van der Waals surface area contributed by atoms with E-state index in [4.69, 9.17) is 18.9 Å². The largest absolute Gasteiger partial charge is 0.462 e. The average Bonchev–Trinajstić information content (AvgIpc) is 3.32. The van der Waals surface area contributed by atoms with Crippen LogP contribution in [0.2, 0.25) is 0 Å². The highest BCUT2D eigenvalue weighted by atomic mass is 16.6. The van der Waals surface area contributed by atoms with Gasteiger partial charge >= 0.3 is 17.9 Å². The van der Waals surface area contributed by atoms with Gasteiger partial charge in [-0.05, 0) is 130 Å². The van der Waals surface area contributed by atoms with E-state index in [1.807, 2.05) is 0 Å². The van der Waals surface area contributed by atoms with Crippen LogP contribution >= 0.6 is 0 Å². The molecular formula is C45H80N4O8. The number of aliphatic hydroxyl groups is 1. The Morgan fingerprint density at radius 3 is 1.02 bits per heavy atom. The minimum absolute atomic E-state index is 0.0153. The zero-order valence-corrected chi connectivity index (χ0v) is 38.4. The number of rotatable bonds is 9. The maximum absolute atomic E-state index is 14.9. The molecular weight excluding hydrogens is 725 g/mol. The van der Waals surface area contributed by atoms with Crippen LogP contribution in [0.3, 0.4) is 0 Å². The fraction of sp³-hybridized carbons (Fsp3) is 0.933.